The van der Waals surface area contributed by atoms with Gasteiger partial charge in [-0.3, -0.25) is 11.3 Å². The Hall–Kier alpha value is -0.970. The van der Waals surface area contributed by atoms with Crippen LogP contribution in [0.2, 0.25) is 0 Å². The van der Waals surface area contributed by atoms with Gasteiger partial charge in [-0.1, -0.05) is 26.0 Å². The maximum atomic E-state index is 13.2. The summed E-state index contributed by atoms with van der Waals surface area (Å²) in [5.41, 5.74) is 4.53. The van der Waals surface area contributed by atoms with Crippen molar-refractivity contribution in [1.29, 1.82) is 0 Å². The number of halogens is 1. The third kappa shape index (κ3) is 4.05. The van der Waals surface area contributed by atoms with Crippen molar-refractivity contribution in [3.8, 4) is 0 Å². The van der Waals surface area contributed by atoms with Gasteiger partial charge in [0.05, 0.1) is 0 Å². The van der Waals surface area contributed by atoms with Gasteiger partial charge in [0, 0.05) is 6.04 Å². The molecule has 0 saturated heterocycles. The number of hydrazine groups is 1. The van der Waals surface area contributed by atoms with E-state index in [4.69, 9.17) is 5.84 Å². The summed E-state index contributed by atoms with van der Waals surface area (Å²) in [5.74, 6) is 5.43. The van der Waals surface area contributed by atoms with Crippen LogP contribution in [-0.4, -0.2) is 24.5 Å². The van der Waals surface area contributed by atoms with Gasteiger partial charge in [-0.05, 0) is 50.2 Å². The molecule has 0 heterocycles. The topological polar surface area (TPSA) is 41.3 Å². The summed E-state index contributed by atoms with van der Waals surface area (Å²) in [6.45, 7) is 9.13. The second kappa shape index (κ2) is 7.46. The predicted octanol–water partition coefficient (Wildman–Crippen LogP) is 2.37. The summed E-state index contributed by atoms with van der Waals surface area (Å²) in [7, 11) is 0. The minimum absolute atomic E-state index is 0.0740. The molecule has 1 aromatic carbocycles. The van der Waals surface area contributed by atoms with E-state index in [1.807, 2.05) is 6.07 Å². The lowest BCUT2D eigenvalue weighted by Crippen LogP contribution is -2.32. The lowest BCUT2D eigenvalue weighted by Gasteiger charge is -2.22. The van der Waals surface area contributed by atoms with Crippen LogP contribution in [0.3, 0.4) is 0 Å². The molecule has 18 heavy (non-hydrogen) atoms. The molecule has 0 aliphatic rings. The zero-order chi connectivity index (χ0) is 13.5. The van der Waals surface area contributed by atoms with Crippen LogP contribution in [0.15, 0.2) is 18.2 Å². The van der Waals surface area contributed by atoms with E-state index in [9.17, 15) is 4.39 Å². The summed E-state index contributed by atoms with van der Waals surface area (Å²) in [6.07, 6.45) is 0.920. The molecule has 102 valence electrons. The quantitative estimate of drug-likeness (QED) is 0.579. The highest BCUT2D eigenvalue weighted by Gasteiger charge is 2.12. The lowest BCUT2D eigenvalue weighted by atomic mass is 10.0. The van der Waals surface area contributed by atoms with Crippen molar-refractivity contribution in [1.82, 2.24) is 10.3 Å². The molecule has 4 heteroatoms. The average molecular weight is 253 g/mol. The predicted molar refractivity (Wildman–Crippen MR) is 73.6 cm³/mol. The van der Waals surface area contributed by atoms with E-state index in [0.717, 1.165) is 31.6 Å². The molecule has 0 aromatic heterocycles. The fourth-order valence-electron chi connectivity index (χ4n) is 2.08. The van der Waals surface area contributed by atoms with Gasteiger partial charge in [0.1, 0.15) is 5.82 Å². The Bertz CT molecular complexity index is 364. The van der Waals surface area contributed by atoms with E-state index in [1.165, 1.54) is 6.07 Å². The lowest BCUT2D eigenvalue weighted by molar-refractivity contribution is 0.282. The zero-order valence-corrected chi connectivity index (χ0v) is 11.5. The summed E-state index contributed by atoms with van der Waals surface area (Å²) in [4.78, 5) is 2.35. The van der Waals surface area contributed by atoms with Gasteiger partial charge in [-0.25, -0.2) is 4.39 Å². The van der Waals surface area contributed by atoms with Gasteiger partial charge >= 0.3 is 0 Å². The first kappa shape index (κ1) is 15.1. The fourth-order valence-corrected chi connectivity index (χ4v) is 2.08. The van der Waals surface area contributed by atoms with E-state index in [-0.39, 0.29) is 11.9 Å². The Morgan fingerprint density at radius 3 is 2.50 bits per heavy atom. The number of aryl methyl sites for hydroxylation is 1. The maximum Gasteiger partial charge on any atom is 0.126 e. The Morgan fingerprint density at radius 1 is 1.33 bits per heavy atom. The third-order valence-corrected chi connectivity index (χ3v) is 3.41. The zero-order valence-electron chi connectivity index (χ0n) is 11.5. The number of nitrogens with zero attached hydrogens (tertiary/aromatic N) is 1. The van der Waals surface area contributed by atoms with Crippen molar-refractivity contribution in [2.45, 2.75) is 33.2 Å². The molecule has 0 bridgehead atoms. The molecule has 0 aliphatic carbocycles. The number of nitrogens with one attached hydrogen (secondary N) is 1. The highest BCUT2D eigenvalue weighted by Crippen LogP contribution is 2.19. The van der Waals surface area contributed by atoms with Gasteiger partial charge < -0.3 is 4.90 Å². The molecule has 3 nitrogen and oxygen atoms in total. The maximum absolute atomic E-state index is 13.2. The summed E-state index contributed by atoms with van der Waals surface area (Å²) in [6, 6.07) is 5.24. The van der Waals surface area contributed by atoms with E-state index in [2.05, 4.69) is 24.2 Å². The van der Waals surface area contributed by atoms with Crippen LogP contribution >= 0.6 is 0 Å². The second-order valence-corrected chi connectivity index (χ2v) is 4.54. The monoisotopic (exact) mass is 253 g/mol. The van der Waals surface area contributed by atoms with Crippen LogP contribution in [0.5, 0.6) is 0 Å². The highest BCUT2D eigenvalue weighted by molar-refractivity contribution is 5.26. The minimum atomic E-state index is -0.168. The first-order valence-electron chi connectivity index (χ1n) is 6.56. The van der Waals surface area contributed by atoms with Crippen LogP contribution < -0.4 is 11.3 Å². The fraction of sp³-hybridized carbons (Fsp3) is 0.571. The summed E-state index contributed by atoms with van der Waals surface area (Å²) in [5, 5.41) is 0. The highest BCUT2D eigenvalue weighted by atomic mass is 19.1. The Balaban J connectivity index is 2.67. The van der Waals surface area contributed by atoms with Crippen LogP contribution in [0.1, 0.15) is 37.4 Å². The Kier molecular flexibility index (Phi) is 6.25. The van der Waals surface area contributed by atoms with Gasteiger partial charge in [0.25, 0.3) is 0 Å². The molecule has 1 atom stereocenters. The van der Waals surface area contributed by atoms with Gasteiger partial charge in [-0.2, -0.15) is 0 Å². The van der Waals surface area contributed by atoms with E-state index in [0.29, 0.717) is 5.56 Å². The number of hydrogen-bond donors (Lipinski definition) is 2. The average Bonchev–Trinajstić information content (AvgIpc) is 2.38. The van der Waals surface area contributed by atoms with Crippen molar-refractivity contribution in [3.05, 3.63) is 35.1 Å². The largest absolute Gasteiger partial charge is 0.304 e. The molecule has 0 spiro atoms. The van der Waals surface area contributed by atoms with Crippen molar-refractivity contribution >= 4 is 0 Å². The molecule has 0 aliphatic heterocycles. The number of rotatable bonds is 7. The molecule has 0 fully saturated rings. The van der Waals surface area contributed by atoms with Crippen molar-refractivity contribution in [2.75, 3.05) is 19.6 Å². The number of hydrogen-bond acceptors (Lipinski definition) is 3. The first-order chi connectivity index (χ1) is 8.62. The second-order valence-electron chi connectivity index (χ2n) is 4.54. The summed E-state index contributed by atoms with van der Waals surface area (Å²) < 4.78 is 13.2. The van der Waals surface area contributed by atoms with Crippen LogP contribution in [0.4, 0.5) is 4.39 Å². The minimum Gasteiger partial charge on any atom is -0.304 e. The van der Waals surface area contributed by atoms with Crippen LogP contribution in [-0.2, 0) is 0 Å². The Morgan fingerprint density at radius 2 is 2.00 bits per heavy atom. The third-order valence-electron chi connectivity index (χ3n) is 3.41. The summed E-state index contributed by atoms with van der Waals surface area (Å²) >= 11 is 0. The van der Waals surface area contributed by atoms with Gasteiger partial charge in [0.15, 0.2) is 0 Å². The SMILES string of the molecule is CCN(CC)CCC(NN)c1ccc(F)c(C)c1. The van der Waals surface area contributed by atoms with Crippen LogP contribution in [0, 0.1) is 12.7 Å². The molecule has 1 aromatic rings. The van der Waals surface area contributed by atoms with Crippen molar-refractivity contribution in [2.24, 2.45) is 5.84 Å². The van der Waals surface area contributed by atoms with E-state index < -0.39 is 0 Å². The van der Waals surface area contributed by atoms with Gasteiger partial charge in [-0.15, -0.1) is 0 Å². The smallest absolute Gasteiger partial charge is 0.126 e. The number of benzene rings is 1. The number of nitrogens with two attached hydrogens (primary N) is 1. The standard InChI is InChI=1S/C14H24FN3/c1-4-18(5-2)9-8-14(17-16)12-6-7-13(15)11(3)10-12/h6-7,10,14,17H,4-5,8-9,16H2,1-3H3. The molecule has 1 unspecified atom stereocenters. The molecular weight excluding hydrogens is 229 g/mol. The normalized spacial score (nSPS) is 13.0. The molecule has 1 rings (SSSR count). The molecule has 0 radical (unpaired) electrons. The van der Waals surface area contributed by atoms with E-state index in [1.54, 1.807) is 13.0 Å². The molecule has 0 amide bonds. The molecule has 3 N–H and O–H groups in total. The van der Waals surface area contributed by atoms with Crippen molar-refractivity contribution < 1.29 is 4.39 Å². The van der Waals surface area contributed by atoms with Crippen LogP contribution in [0.25, 0.3) is 0 Å². The van der Waals surface area contributed by atoms with E-state index >= 15 is 0 Å². The first-order valence-corrected chi connectivity index (χ1v) is 6.56. The van der Waals surface area contributed by atoms with Gasteiger partial charge in [0.2, 0.25) is 0 Å². The molecular formula is C14H24FN3. The molecule has 0 saturated carbocycles. The van der Waals surface area contributed by atoms with Crippen molar-refractivity contribution in [3.63, 3.8) is 0 Å². The Labute approximate surface area is 109 Å².